The lowest BCUT2D eigenvalue weighted by atomic mass is 9.91. The number of nitrogens with one attached hydrogen (secondary N) is 1. The molecule has 1 aliphatic rings. The molecule has 3 aromatic carbocycles. The van der Waals surface area contributed by atoms with Crippen LogP contribution in [0.1, 0.15) is 33.5 Å². The van der Waals surface area contributed by atoms with E-state index in [1.165, 1.54) is 11.2 Å². The molecule has 0 fully saturated rings. The van der Waals surface area contributed by atoms with Gasteiger partial charge in [-0.3, -0.25) is 19.4 Å². The van der Waals surface area contributed by atoms with Gasteiger partial charge < -0.3 is 16.3 Å². The highest BCUT2D eigenvalue weighted by Gasteiger charge is 2.33. The Morgan fingerprint density at radius 2 is 1.84 bits per heavy atom. The number of amides is 1. The van der Waals surface area contributed by atoms with Crippen LogP contribution in [-0.2, 0) is 22.4 Å². The Kier molecular flexibility index (Phi) is 8.37. The predicted octanol–water partition coefficient (Wildman–Crippen LogP) is 3.34. The normalized spacial score (nSPS) is 15.3. The number of hydrogen-bond donors (Lipinski definition) is 3. The van der Waals surface area contributed by atoms with Crippen molar-refractivity contribution in [3.63, 3.8) is 0 Å². The van der Waals surface area contributed by atoms with Crippen molar-refractivity contribution in [1.82, 2.24) is 5.01 Å². The van der Waals surface area contributed by atoms with Crippen molar-refractivity contribution in [1.29, 1.82) is 0 Å². The number of hydrazone groups is 1. The van der Waals surface area contributed by atoms with E-state index >= 15 is 0 Å². The zero-order valence-corrected chi connectivity index (χ0v) is 21.2. The highest BCUT2D eigenvalue weighted by atomic mass is 16.4. The number of aliphatic carboxylic acids is 1. The Morgan fingerprint density at radius 1 is 1.11 bits per heavy atom. The van der Waals surface area contributed by atoms with Crippen LogP contribution in [0.2, 0.25) is 0 Å². The van der Waals surface area contributed by atoms with E-state index in [4.69, 9.17) is 5.84 Å². The minimum absolute atomic E-state index is 0.0724. The maximum absolute atomic E-state index is 13.4. The number of fused-ring (bicyclic) bond motifs is 1. The number of nitrogens with zero attached hydrogens (tertiary/aromatic N) is 3. The molecule has 196 valence electrons. The molecular formula is C29H31N5O4. The molecule has 1 heterocycles. The van der Waals surface area contributed by atoms with Crippen molar-refractivity contribution in [2.24, 2.45) is 16.9 Å². The largest absolute Gasteiger partial charge is 0.480 e. The van der Waals surface area contributed by atoms with Gasteiger partial charge in [0.25, 0.3) is 0 Å². The van der Waals surface area contributed by atoms with Crippen LogP contribution in [0.5, 0.6) is 0 Å². The van der Waals surface area contributed by atoms with Gasteiger partial charge in [0.05, 0.1) is 18.4 Å². The molecule has 0 aliphatic carbocycles. The van der Waals surface area contributed by atoms with Gasteiger partial charge in [0.15, 0.2) is 5.78 Å². The number of hydrazine groups is 1. The molecule has 9 nitrogen and oxygen atoms in total. The number of carboxylic acid groups (broad SMARTS) is 1. The molecule has 3 aromatic rings. The van der Waals surface area contributed by atoms with Crippen LogP contribution in [-0.4, -0.2) is 54.1 Å². The first-order valence-corrected chi connectivity index (χ1v) is 12.4. The molecule has 0 saturated carbocycles. The van der Waals surface area contributed by atoms with Gasteiger partial charge in [-0.25, -0.2) is 5.01 Å². The summed E-state index contributed by atoms with van der Waals surface area (Å²) < 4.78 is 0. The van der Waals surface area contributed by atoms with Crippen LogP contribution in [0.3, 0.4) is 0 Å². The molecular weight excluding hydrogens is 482 g/mol. The van der Waals surface area contributed by atoms with Gasteiger partial charge in [-0.1, -0.05) is 54.6 Å². The number of carbonyl (C=O) groups excluding carboxylic acids is 2. The van der Waals surface area contributed by atoms with Gasteiger partial charge in [-0.2, -0.15) is 5.10 Å². The van der Waals surface area contributed by atoms with Crippen LogP contribution < -0.4 is 16.2 Å². The third-order valence-electron chi connectivity index (χ3n) is 6.68. The molecule has 9 heteroatoms. The predicted molar refractivity (Wildman–Crippen MR) is 147 cm³/mol. The maximum atomic E-state index is 13.4. The minimum atomic E-state index is -1.07. The van der Waals surface area contributed by atoms with Gasteiger partial charge in [0.2, 0.25) is 5.91 Å². The Morgan fingerprint density at radius 3 is 2.53 bits per heavy atom. The zero-order chi connectivity index (χ0) is 27.1. The van der Waals surface area contributed by atoms with Crippen LogP contribution in [0.4, 0.5) is 11.4 Å². The highest BCUT2D eigenvalue weighted by molar-refractivity contribution is 5.99. The van der Waals surface area contributed by atoms with Crippen LogP contribution in [0.15, 0.2) is 77.9 Å². The summed E-state index contributed by atoms with van der Waals surface area (Å²) in [6, 6.07) is 22.6. The minimum Gasteiger partial charge on any atom is -0.480 e. The molecule has 0 aromatic heterocycles. The Balaban J connectivity index is 1.52. The van der Waals surface area contributed by atoms with E-state index in [9.17, 15) is 19.5 Å². The molecule has 4 N–H and O–H groups in total. The number of carbonyl (C=O) groups is 3. The lowest BCUT2D eigenvalue weighted by molar-refractivity contribution is -0.146. The molecule has 0 saturated heterocycles. The fraction of sp³-hybridized carbons (Fsp3) is 0.241. The summed E-state index contributed by atoms with van der Waals surface area (Å²) in [7, 11) is 1.70. The second-order valence-electron chi connectivity index (χ2n) is 9.26. The highest BCUT2D eigenvalue weighted by Crippen LogP contribution is 2.33. The number of anilines is 2. The van der Waals surface area contributed by atoms with Crippen molar-refractivity contribution < 1.29 is 19.5 Å². The smallest absolute Gasteiger partial charge is 0.325 e. The van der Waals surface area contributed by atoms with Crippen molar-refractivity contribution in [3.05, 3.63) is 95.1 Å². The van der Waals surface area contributed by atoms with Crippen LogP contribution >= 0.6 is 0 Å². The van der Waals surface area contributed by atoms with Gasteiger partial charge in [-0.15, -0.1) is 0 Å². The van der Waals surface area contributed by atoms with E-state index in [2.05, 4.69) is 10.4 Å². The van der Waals surface area contributed by atoms with Gasteiger partial charge >= 0.3 is 5.97 Å². The zero-order valence-electron chi connectivity index (χ0n) is 21.2. The van der Waals surface area contributed by atoms with Gasteiger partial charge in [0, 0.05) is 24.2 Å². The van der Waals surface area contributed by atoms with E-state index < -0.39 is 12.5 Å². The summed E-state index contributed by atoms with van der Waals surface area (Å²) in [6.45, 7) is -0.318. The Bertz CT molecular complexity index is 1320. The van der Waals surface area contributed by atoms with E-state index in [1.54, 1.807) is 36.3 Å². The SMILES string of the molecule is CN1c2ccc(NCC(=O)c3ccc(C=NN)cc3)cc2CC(CCc2ccccc2)C(=O)N1CC(=O)O. The Hall–Kier alpha value is -4.66. The summed E-state index contributed by atoms with van der Waals surface area (Å²) in [4.78, 5) is 37.7. The number of Topliss-reactive ketones (excluding diaryl/α,β-unsaturated/α-hetero) is 1. The summed E-state index contributed by atoms with van der Waals surface area (Å²) in [5.74, 6) is 3.43. The average Bonchev–Trinajstić information content (AvgIpc) is 3.01. The maximum Gasteiger partial charge on any atom is 0.325 e. The molecule has 0 bridgehead atoms. The second-order valence-corrected chi connectivity index (χ2v) is 9.26. The molecule has 0 radical (unpaired) electrons. The summed E-state index contributed by atoms with van der Waals surface area (Å²) in [5.41, 5.74) is 4.92. The number of nitrogens with two attached hydrogens (primary N) is 1. The lowest BCUT2D eigenvalue weighted by Crippen LogP contribution is -2.48. The number of benzene rings is 3. The molecule has 38 heavy (non-hydrogen) atoms. The number of hydrogen-bond acceptors (Lipinski definition) is 7. The number of rotatable bonds is 10. The lowest BCUT2D eigenvalue weighted by Gasteiger charge is -2.32. The first kappa shape index (κ1) is 26.4. The van der Waals surface area contributed by atoms with Crippen molar-refractivity contribution in [3.8, 4) is 0 Å². The fourth-order valence-electron chi connectivity index (χ4n) is 4.66. The van der Waals surface area contributed by atoms with Crippen molar-refractivity contribution in [2.45, 2.75) is 19.3 Å². The molecule has 1 amide bonds. The molecule has 1 aliphatic heterocycles. The Labute approximate surface area is 221 Å². The second kappa shape index (κ2) is 12.1. The third kappa shape index (κ3) is 6.36. The van der Waals surface area contributed by atoms with Gasteiger partial charge in [-0.05, 0) is 54.2 Å². The number of aryl methyl sites for hydroxylation is 1. The molecule has 4 rings (SSSR count). The van der Waals surface area contributed by atoms with Crippen LogP contribution in [0, 0.1) is 5.92 Å². The van der Waals surface area contributed by atoms with E-state index in [1.807, 2.05) is 48.5 Å². The van der Waals surface area contributed by atoms with E-state index in [0.717, 1.165) is 28.1 Å². The fourth-order valence-corrected chi connectivity index (χ4v) is 4.66. The van der Waals surface area contributed by atoms with E-state index in [0.29, 0.717) is 24.8 Å². The first-order chi connectivity index (χ1) is 18.4. The van der Waals surface area contributed by atoms with Crippen LogP contribution in [0.25, 0.3) is 0 Å². The monoisotopic (exact) mass is 513 g/mol. The summed E-state index contributed by atoms with van der Waals surface area (Å²) in [6.07, 6.45) is 3.27. The standard InChI is InChI=1S/C29H31N5O4/c1-33-26-14-13-25(31-18-27(35)22-10-8-21(9-11-22)17-32-30)16-24(26)15-23(29(38)34(33)19-28(36)37)12-7-20-5-3-2-4-6-20/h2-6,8-11,13-14,16-17,23,31H,7,12,15,18-19,30H2,1H3,(H,36,37). The molecule has 1 unspecified atom stereocenters. The molecule has 0 spiro atoms. The number of carboxylic acids is 1. The summed E-state index contributed by atoms with van der Waals surface area (Å²) in [5, 5.41) is 19.1. The summed E-state index contributed by atoms with van der Waals surface area (Å²) >= 11 is 0. The van der Waals surface area contributed by atoms with Gasteiger partial charge in [0.1, 0.15) is 6.54 Å². The average molecular weight is 514 g/mol. The first-order valence-electron chi connectivity index (χ1n) is 12.4. The molecule has 1 atom stereocenters. The van der Waals surface area contributed by atoms with Crippen molar-refractivity contribution >= 4 is 35.2 Å². The van der Waals surface area contributed by atoms with E-state index in [-0.39, 0.29) is 24.2 Å². The van der Waals surface area contributed by atoms with Crippen molar-refractivity contribution in [2.75, 3.05) is 30.5 Å². The number of ketones is 1. The third-order valence-corrected chi connectivity index (χ3v) is 6.68. The quantitative estimate of drug-likeness (QED) is 0.164. The topological polar surface area (TPSA) is 128 Å².